The van der Waals surface area contributed by atoms with Crippen molar-refractivity contribution in [2.75, 3.05) is 32.0 Å². The quantitative estimate of drug-likeness (QED) is 0.366. The van der Waals surface area contributed by atoms with E-state index in [2.05, 4.69) is 16.0 Å². The fourth-order valence-corrected chi connectivity index (χ4v) is 1.51. The first-order chi connectivity index (χ1) is 9.15. The van der Waals surface area contributed by atoms with Crippen molar-refractivity contribution < 1.29 is 9.72 Å². The normalized spacial score (nSPS) is 9.95. The molecule has 0 aliphatic heterocycles. The third-order valence-electron chi connectivity index (χ3n) is 2.47. The van der Waals surface area contributed by atoms with E-state index in [1.807, 2.05) is 7.05 Å². The number of hydrogen-bond acceptors (Lipinski definition) is 5. The zero-order valence-electron chi connectivity index (χ0n) is 10.8. The van der Waals surface area contributed by atoms with Gasteiger partial charge in [-0.25, -0.2) is 0 Å². The molecule has 1 rings (SSSR count). The minimum Gasteiger partial charge on any atom is -0.371 e. The van der Waals surface area contributed by atoms with Crippen LogP contribution in [-0.4, -0.2) is 37.5 Å². The van der Waals surface area contributed by atoms with Gasteiger partial charge in [0, 0.05) is 12.6 Å². The third kappa shape index (κ3) is 5.35. The predicted molar refractivity (Wildman–Crippen MR) is 73.1 cm³/mol. The molecule has 1 aromatic rings. The molecule has 1 aromatic carbocycles. The zero-order chi connectivity index (χ0) is 14.1. The number of nitro benzene ring substituents is 1. The van der Waals surface area contributed by atoms with E-state index in [0.29, 0.717) is 12.2 Å². The van der Waals surface area contributed by atoms with Crippen LogP contribution in [0.2, 0.25) is 0 Å². The Balaban J connectivity index is 2.40. The van der Waals surface area contributed by atoms with Gasteiger partial charge in [-0.3, -0.25) is 14.9 Å². The fourth-order valence-electron chi connectivity index (χ4n) is 1.51. The van der Waals surface area contributed by atoms with Crippen molar-refractivity contribution in [2.24, 2.45) is 0 Å². The number of para-hydroxylation sites is 2. The molecule has 19 heavy (non-hydrogen) atoms. The lowest BCUT2D eigenvalue weighted by atomic mass is 10.2. The van der Waals surface area contributed by atoms with Gasteiger partial charge in [-0.1, -0.05) is 12.1 Å². The number of carbonyl (C=O) groups is 1. The highest BCUT2D eigenvalue weighted by Gasteiger charge is 2.12. The van der Waals surface area contributed by atoms with E-state index < -0.39 is 4.92 Å². The number of anilines is 1. The summed E-state index contributed by atoms with van der Waals surface area (Å²) in [5, 5.41) is 19.2. The summed E-state index contributed by atoms with van der Waals surface area (Å²) in [4.78, 5) is 21.8. The van der Waals surface area contributed by atoms with Crippen LogP contribution in [0.5, 0.6) is 0 Å². The molecule has 0 saturated heterocycles. The van der Waals surface area contributed by atoms with E-state index in [0.717, 1.165) is 13.0 Å². The third-order valence-corrected chi connectivity index (χ3v) is 2.47. The van der Waals surface area contributed by atoms with Crippen molar-refractivity contribution in [3.8, 4) is 0 Å². The van der Waals surface area contributed by atoms with Crippen LogP contribution in [0.3, 0.4) is 0 Å². The van der Waals surface area contributed by atoms with Crippen LogP contribution in [0.25, 0.3) is 0 Å². The second kappa shape index (κ2) is 8.04. The molecule has 0 heterocycles. The van der Waals surface area contributed by atoms with Gasteiger partial charge in [0.05, 0.1) is 11.5 Å². The first kappa shape index (κ1) is 14.9. The molecular formula is C12H18N4O3. The molecule has 0 atom stereocenters. The molecule has 7 nitrogen and oxygen atoms in total. The van der Waals surface area contributed by atoms with Crippen LogP contribution in [0.15, 0.2) is 24.3 Å². The average Bonchev–Trinajstić information content (AvgIpc) is 2.41. The molecule has 104 valence electrons. The van der Waals surface area contributed by atoms with Crippen molar-refractivity contribution in [3.05, 3.63) is 34.4 Å². The standard InChI is InChI=1S/C12H18N4O3/c1-13-7-4-8-14-12(17)9-15-10-5-2-3-6-11(10)16(18)19/h2-3,5-6,13,15H,4,7-9H2,1H3,(H,14,17). The van der Waals surface area contributed by atoms with Gasteiger partial charge in [-0.2, -0.15) is 0 Å². The van der Waals surface area contributed by atoms with Gasteiger partial charge in [-0.05, 0) is 26.1 Å². The molecule has 3 N–H and O–H groups in total. The Morgan fingerprint density at radius 3 is 2.74 bits per heavy atom. The fraction of sp³-hybridized carbons (Fsp3) is 0.417. The van der Waals surface area contributed by atoms with Gasteiger partial charge in [-0.15, -0.1) is 0 Å². The Labute approximate surface area is 111 Å². The summed E-state index contributed by atoms with van der Waals surface area (Å²) in [6, 6.07) is 6.24. The molecule has 0 unspecified atom stereocenters. The van der Waals surface area contributed by atoms with Gasteiger partial charge >= 0.3 is 0 Å². The summed E-state index contributed by atoms with van der Waals surface area (Å²) in [7, 11) is 1.85. The number of rotatable bonds is 8. The smallest absolute Gasteiger partial charge is 0.292 e. The number of benzene rings is 1. The van der Waals surface area contributed by atoms with Gasteiger partial charge in [0.15, 0.2) is 0 Å². The summed E-state index contributed by atoms with van der Waals surface area (Å²) in [6.07, 6.45) is 0.841. The molecular weight excluding hydrogens is 248 g/mol. The highest BCUT2D eigenvalue weighted by atomic mass is 16.6. The predicted octanol–water partition coefficient (Wildman–Crippen LogP) is 0.732. The van der Waals surface area contributed by atoms with E-state index in [-0.39, 0.29) is 18.1 Å². The summed E-state index contributed by atoms with van der Waals surface area (Å²) in [6.45, 7) is 1.43. The number of hydrogen-bond donors (Lipinski definition) is 3. The van der Waals surface area contributed by atoms with Crippen LogP contribution in [0, 0.1) is 10.1 Å². The first-order valence-corrected chi connectivity index (χ1v) is 6.03. The monoisotopic (exact) mass is 266 g/mol. The molecule has 0 saturated carbocycles. The summed E-state index contributed by atoms with van der Waals surface area (Å²) in [5.74, 6) is -0.186. The van der Waals surface area contributed by atoms with Gasteiger partial charge in [0.25, 0.3) is 5.69 Å². The lowest BCUT2D eigenvalue weighted by molar-refractivity contribution is -0.383. The largest absolute Gasteiger partial charge is 0.371 e. The molecule has 0 aromatic heterocycles. The summed E-state index contributed by atoms with van der Waals surface area (Å²) < 4.78 is 0. The van der Waals surface area contributed by atoms with Gasteiger partial charge in [0.2, 0.25) is 5.91 Å². The highest BCUT2D eigenvalue weighted by molar-refractivity contribution is 5.81. The van der Waals surface area contributed by atoms with E-state index in [1.165, 1.54) is 6.07 Å². The van der Waals surface area contributed by atoms with E-state index in [4.69, 9.17) is 0 Å². The molecule has 0 aliphatic carbocycles. The highest BCUT2D eigenvalue weighted by Crippen LogP contribution is 2.22. The lowest BCUT2D eigenvalue weighted by Crippen LogP contribution is -2.31. The molecule has 0 aliphatic rings. The van der Waals surface area contributed by atoms with Crippen LogP contribution in [0.1, 0.15) is 6.42 Å². The number of nitrogens with zero attached hydrogens (tertiary/aromatic N) is 1. The van der Waals surface area contributed by atoms with Crippen molar-refractivity contribution >= 4 is 17.3 Å². The maximum absolute atomic E-state index is 11.5. The number of carbonyl (C=O) groups excluding carboxylic acids is 1. The van der Waals surface area contributed by atoms with Crippen LogP contribution < -0.4 is 16.0 Å². The topological polar surface area (TPSA) is 96.3 Å². The lowest BCUT2D eigenvalue weighted by Gasteiger charge is -2.08. The van der Waals surface area contributed by atoms with Gasteiger partial charge in [0.1, 0.15) is 5.69 Å². The Hall–Kier alpha value is -2.15. The molecule has 0 radical (unpaired) electrons. The molecule has 0 spiro atoms. The second-order valence-corrected chi connectivity index (χ2v) is 3.93. The van der Waals surface area contributed by atoms with Crippen molar-refractivity contribution in [3.63, 3.8) is 0 Å². The Morgan fingerprint density at radius 2 is 2.05 bits per heavy atom. The molecule has 0 fully saturated rings. The number of amides is 1. The zero-order valence-corrected chi connectivity index (χ0v) is 10.8. The van der Waals surface area contributed by atoms with Crippen molar-refractivity contribution in [1.82, 2.24) is 10.6 Å². The molecule has 1 amide bonds. The Kier molecular flexibility index (Phi) is 6.31. The van der Waals surface area contributed by atoms with Crippen LogP contribution >= 0.6 is 0 Å². The number of nitrogens with one attached hydrogen (secondary N) is 3. The van der Waals surface area contributed by atoms with Gasteiger partial charge < -0.3 is 16.0 Å². The van der Waals surface area contributed by atoms with E-state index >= 15 is 0 Å². The summed E-state index contributed by atoms with van der Waals surface area (Å²) >= 11 is 0. The Bertz CT molecular complexity index is 437. The van der Waals surface area contributed by atoms with E-state index in [9.17, 15) is 14.9 Å². The van der Waals surface area contributed by atoms with Crippen LogP contribution in [-0.2, 0) is 4.79 Å². The van der Waals surface area contributed by atoms with E-state index in [1.54, 1.807) is 18.2 Å². The van der Waals surface area contributed by atoms with Crippen LogP contribution in [0.4, 0.5) is 11.4 Å². The molecule has 0 bridgehead atoms. The van der Waals surface area contributed by atoms with Crippen molar-refractivity contribution in [1.29, 1.82) is 0 Å². The maximum Gasteiger partial charge on any atom is 0.292 e. The average molecular weight is 266 g/mol. The minimum atomic E-state index is -0.479. The number of nitro groups is 1. The maximum atomic E-state index is 11.5. The molecule has 7 heteroatoms. The first-order valence-electron chi connectivity index (χ1n) is 6.03. The SMILES string of the molecule is CNCCCNC(=O)CNc1ccccc1[N+](=O)[O-]. The Morgan fingerprint density at radius 1 is 1.32 bits per heavy atom. The second-order valence-electron chi connectivity index (χ2n) is 3.93. The minimum absolute atomic E-state index is 0.0183. The van der Waals surface area contributed by atoms with Crippen molar-refractivity contribution in [2.45, 2.75) is 6.42 Å². The summed E-state index contributed by atoms with van der Waals surface area (Å²) in [5.41, 5.74) is 0.309.